The summed E-state index contributed by atoms with van der Waals surface area (Å²) in [6, 6.07) is 5.01. The van der Waals surface area contributed by atoms with Crippen LogP contribution in [0.25, 0.3) is 11.0 Å². The second kappa shape index (κ2) is 7.28. The Kier molecular flexibility index (Phi) is 4.84. The van der Waals surface area contributed by atoms with Crippen LogP contribution in [0.15, 0.2) is 23.0 Å². The number of imide groups is 1. The lowest BCUT2D eigenvalue weighted by Crippen LogP contribution is -2.44. The van der Waals surface area contributed by atoms with Gasteiger partial charge in [0.05, 0.1) is 23.7 Å². The summed E-state index contributed by atoms with van der Waals surface area (Å²) in [6.45, 7) is 2.34. The Bertz CT molecular complexity index is 939. The third-order valence-corrected chi connectivity index (χ3v) is 5.47. The van der Waals surface area contributed by atoms with Gasteiger partial charge < -0.3 is 10.1 Å². The fourth-order valence-corrected chi connectivity index (χ4v) is 4.04. The lowest BCUT2D eigenvalue weighted by Gasteiger charge is -2.23. The molecule has 144 valence electrons. The molecular formula is C19H24N4O4. The fourth-order valence-electron chi connectivity index (χ4n) is 4.04. The van der Waals surface area contributed by atoms with E-state index in [0.29, 0.717) is 18.5 Å². The van der Waals surface area contributed by atoms with E-state index in [1.807, 2.05) is 18.2 Å². The van der Waals surface area contributed by atoms with Crippen LogP contribution in [0.3, 0.4) is 0 Å². The van der Waals surface area contributed by atoms with Crippen LogP contribution in [-0.4, -0.2) is 40.1 Å². The number of amides is 2. The molecule has 0 radical (unpaired) electrons. The van der Waals surface area contributed by atoms with Crippen molar-refractivity contribution in [2.24, 2.45) is 7.05 Å². The van der Waals surface area contributed by atoms with Gasteiger partial charge >= 0.3 is 5.69 Å². The molecule has 2 N–H and O–H groups in total. The quantitative estimate of drug-likeness (QED) is 0.766. The number of piperidine rings is 2. The first-order valence-corrected chi connectivity index (χ1v) is 9.41. The molecule has 27 heavy (non-hydrogen) atoms. The third kappa shape index (κ3) is 3.30. The van der Waals surface area contributed by atoms with Gasteiger partial charge in [-0.25, -0.2) is 4.79 Å². The van der Waals surface area contributed by atoms with Gasteiger partial charge in [-0.2, -0.15) is 0 Å². The normalized spacial score (nSPS) is 21.6. The Morgan fingerprint density at radius 3 is 2.67 bits per heavy atom. The molecule has 4 rings (SSSR count). The summed E-state index contributed by atoms with van der Waals surface area (Å²) in [5.41, 5.74) is 2.15. The number of carbonyl (C=O) groups is 2. The Morgan fingerprint density at radius 2 is 1.93 bits per heavy atom. The highest BCUT2D eigenvalue weighted by Crippen LogP contribution is 2.25. The Balaban J connectivity index is 1.68. The van der Waals surface area contributed by atoms with E-state index in [0.717, 1.165) is 37.0 Å². The molecule has 8 nitrogen and oxygen atoms in total. The Morgan fingerprint density at radius 1 is 1.15 bits per heavy atom. The van der Waals surface area contributed by atoms with E-state index in [4.69, 9.17) is 4.74 Å². The van der Waals surface area contributed by atoms with Crippen molar-refractivity contribution in [3.63, 3.8) is 0 Å². The second-order valence-electron chi connectivity index (χ2n) is 7.22. The summed E-state index contributed by atoms with van der Waals surface area (Å²) < 4.78 is 9.15. The van der Waals surface area contributed by atoms with E-state index >= 15 is 0 Å². The highest BCUT2D eigenvalue weighted by molar-refractivity contribution is 6.00. The molecule has 2 amide bonds. The zero-order chi connectivity index (χ0) is 19.0. The van der Waals surface area contributed by atoms with Crippen molar-refractivity contribution in [1.82, 2.24) is 19.8 Å². The van der Waals surface area contributed by atoms with Crippen LogP contribution in [0.1, 0.15) is 37.3 Å². The Labute approximate surface area is 156 Å². The molecule has 1 aromatic carbocycles. The van der Waals surface area contributed by atoms with Gasteiger partial charge in [0.15, 0.2) is 0 Å². The summed E-state index contributed by atoms with van der Waals surface area (Å²) in [4.78, 5) is 36.6. The molecule has 1 unspecified atom stereocenters. The van der Waals surface area contributed by atoms with Crippen LogP contribution >= 0.6 is 0 Å². The zero-order valence-corrected chi connectivity index (χ0v) is 15.4. The van der Waals surface area contributed by atoms with Gasteiger partial charge in [0, 0.05) is 19.0 Å². The van der Waals surface area contributed by atoms with E-state index < -0.39 is 11.9 Å². The summed E-state index contributed by atoms with van der Waals surface area (Å²) in [6.07, 6.45) is 2.74. The van der Waals surface area contributed by atoms with E-state index in [1.165, 1.54) is 4.57 Å². The smallest absolute Gasteiger partial charge is 0.329 e. The van der Waals surface area contributed by atoms with Gasteiger partial charge in [0.25, 0.3) is 0 Å². The highest BCUT2D eigenvalue weighted by Gasteiger charge is 2.31. The first-order chi connectivity index (χ1) is 13.1. The van der Waals surface area contributed by atoms with E-state index in [2.05, 4.69) is 10.6 Å². The van der Waals surface area contributed by atoms with Gasteiger partial charge in [-0.05, 0) is 38.4 Å². The second-order valence-corrected chi connectivity index (χ2v) is 7.22. The van der Waals surface area contributed by atoms with Crippen molar-refractivity contribution in [1.29, 1.82) is 0 Å². The number of benzene rings is 1. The van der Waals surface area contributed by atoms with Crippen molar-refractivity contribution in [3.8, 4) is 0 Å². The topological polar surface area (TPSA) is 94.4 Å². The molecule has 2 aliphatic rings. The molecule has 0 spiro atoms. The fraction of sp³-hybridized carbons (Fsp3) is 0.526. The number of imidazole rings is 1. The summed E-state index contributed by atoms with van der Waals surface area (Å²) >= 11 is 0. The minimum atomic E-state index is -0.667. The summed E-state index contributed by atoms with van der Waals surface area (Å²) in [7, 11) is 1.71. The van der Waals surface area contributed by atoms with Crippen LogP contribution in [0.4, 0.5) is 0 Å². The molecular weight excluding hydrogens is 348 g/mol. The van der Waals surface area contributed by atoms with Crippen LogP contribution in [0.2, 0.25) is 0 Å². The van der Waals surface area contributed by atoms with Crippen molar-refractivity contribution in [3.05, 3.63) is 34.2 Å². The number of para-hydroxylation sites is 1. The number of hydrogen-bond donors (Lipinski definition) is 2. The monoisotopic (exact) mass is 372 g/mol. The Hall–Kier alpha value is -2.45. The lowest BCUT2D eigenvalue weighted by atomic mass is 10.1. The number of aromatic nitrogens is 2. The molecule has 2 aromatic rings. The molecule has 2 fully saturated rings. The van der Waals surface area contributed by atoms with Crippen LogP contribution < -0.4 is 16.3 Å². The third-order valence-electron chi connectivity index (χ3n) is 5.47. The van der Waals surface area contributed by atoms with Crippen molar-refractivity contribution >= 4 is 22.8 Å². The van der Waals surface area contributed by atoms with Crippen LogP contribution in [-0.2, 0) is 28.0 Å². The molecule has 3 heterocycles. The average Bonchev–Trinajstić information content (AvgIpc) is 2.93. The number of rotatable bonds is 4. The maximum Gasteiger partial charge on any atom is 0.329 e. The number of hydrogen-bond acceptors (Lipinski definition) is 5. The number of carbonyl (C=O) groups excluding carboxylic acids is 2. The summed E-state index contributed by atoms with van der Waals surface area (Å²) in [5, 5.41) is 5.65. The van der Waals surface area contributed by atoms with Gasteiger partial charge in [-0.3, -0.25) is 24.0 Å². The minimum absolute atomic E-state index is 0.218. The standard InChI is InChI=1S/C19H24N4O4/c1-22-17-12(11-27-13-7-9-20-10-8-13)3-2-4-14(17)23(19(22)26)15-5-6-16(24)21-18(15)25/h2-4,13,15,20H,5-11H2,1H3,(H,21,24,25). The van der Waals surface area contributed by atoms with Crippen LogP contribution in [0, 0.1) is 0 Å². The molecule has 2 aliphatic heterocycles. The minimum Gasteiger partial charge on any atom is -0.373 e. The molecule has 0 saturated carbocycles. The number of aryl methyl sites for hydroxylation is 1. The molecule has 1 atom stereocenters. The van der Waals surface area contributed by atoms with Gasteiger partial charge in [-0.1, -0.05) is 12.1 Å². The highest BCUT2D eigenvalue weighted by atomic mass is 16.5. The van der Waals surface area contributed by atoms with Gasteiger partial charge in [0.1, 0.15) is 6.04 Å². The molecule has 8 heteroatoms. The average molecular weight is 372 g/mol. The van der Waals surface area contributed by atoms with Gasteiger partial charge in [0.2, 0.25) is 11.8 Å². The lowest BCUT2D eigenvalue weighted by molar-refractivity contribution is -0.135. The predicted molar refractivity (Wildman–Crippen MR) is 99.3 cm³/mol. The summed E-state index contributed by atoms with van der Waals surface area (Å²) in [5.74, 6) is -0.710. The first-order valence-electron chi connectivity index (χ1n) is 9.41. The molecule has 0 aliphatic carbocycles. The van der Waals surface area contributed by atoms with E-state index in [9.17, 15) is 14.4 Å². The maximum atomic E-state index is 12.9. The van der Waals surface area contributed by atoms with Crippen molar-refractivity contribution in [2.45, 2.75) is 44.4 Å². The van der Waals surface area contributed by atoms with E-state index in [-0.39, 0.29) is 24.1 Å². The van der Waals surface area contributed by atoms with E-state index in [1.54, 1.807) is 11.6 Å². The SMILES string of the molecule is Cn1c(=O)n(C2CCC(=O)NC2=O)c2cccc(COC3CCNCC3)c21. The molecule has 1 aromatic heterocycles. The molecule has 2 saturated heterocycles. The molecule has 0 bridgehead atoms. The van der Waals surface area contributed by atoms with Crippen LogP contribution in [0.5, 0.6) is 0 Å². The first kappa shape index (κ1) is 17.9. The largest absolute Gasteiger partial charge is 0.373 e. The number of ether oxygens (including phenoxy) is 1. The zero-order valence-electron chi connectivity index (χ0n) is 15.4. The maximum absolute atomic E-state index is 12.9. The number of nitrogens with one attached hydrogen (secondary N) is 2. The number of nitrogens with zero attached hydrogens (tertiary/aromatic N) is 2. The predicted octanol–water partition coefficient (Wildman–Crippen LogP) is 0.586. The van der Waals surface area contributed by atoms with Gasteiger partial charge in [-0.15, -0.1) is 0 Å². The van der Waals surface area contributed by atoms with Crippen molar-refractivity contribution < 1.29 is 14.3 Å². The number of fused-ring (bicyclic) bond motifs is 1. The van der Waals surface area contributed by atoms with Crippen molar-refractivity contribution in [2.75, 3.05) is 13.1 Å².